The van der Waals surface area contributed by atoms with E-state index in [4.69, 9.17) is 5.73 Å². The highest BCUT2D eigenvalue weighted by Crippen LogP contribution is 2.24. The Hall–Kier alpha value is -0.120. The minimum atomic E-state index is 0.181. The van der Waals surface area contributed by atoms with Crippen LogP contribution in [0.1, 0.15) is 40.5 Å². The van der Waals surface area contributed by atoms with Gasteiger partial charge in [0.2, 0.25) is 0 Å². The summed E-state index contributed by atoms with van der Waals surface area (Å²) in [6, 6.07) is 0. The third kappa shape index (κ3) is 4.23. The zero-order valence-electron chi connectivity index (χ0n) is 12.2. The van der Waals surface area contributed by atoms with Crippen molar-refractivity contribution < 1.29 is 0 Å². The van der Waals surface area contributed by atoms with Crippen LogP contribution in [0.4, 0.5) is 0 Å². The first kappa shape index (κ1) is 14.9. The largest absolute Gasteiger partial charge is 0.329 e. The fourth-order valence-electron chi connectivity index (χ4n) is 2.70. The summed E-state index contributed by atoms with van der Waals surface area (Å²) < 4.78 is 0. The van der Waals surface area contributed by atoms with Crippen LogP contribution < -0.4 is 5.73 Å². The zero-order chi connectivity index (χ0) is 12.9. The van der Waals surface area contributed by atoms with Gasteiger partial charge in [-0.1, -0.05) is 13.8 Å². The van der Waals surface area contributed by atoms with E-state index in [1.165, 1.54) is 45.6 Å². The highest BCUT2D eigenvalue weighted by Gasteiger charge is 2.29. The lowest BCUT2D eigenvalue weighted by molar-refractivity contribution is 0.0697. The van der Waals surface area contributed by atoms with Gasteiger partial charge in [0.15, 0.2) is 0 Å². The minimum Gasteiger partial charge on any atom is -0.329 e. The van der Waals surface area contributed by atoms with E-state index in [2.05, 4.69) is 37.5 Å². The molecule has 0 aromatic carbocycles. The van der Waals surface area contributed by atoms with E-state index in [-0.39, 0.29) is 5.54 Å². The number of nitrogens with two attached hydrogens (primary N) is 1. The van der Waals surface area contributed by atoms with Crippen molar-refractivity contribution in [1.29, 1.82) is 0 Å². The van der Waals surface area contributed by atoms with Gasteiger partial charge in [-0.3, -0.25) is 4.90 Å². The Morgan fingerprint density at radius 2 is 1.71 bits per heavy atom. The molecule has 1 saturated heterocycles. The third-order valence-corrected chi connectivity index (χ3v) is 4.38. The standard InChI is InChI=1S/C14H31N3/c1-5-16(6-2)11-13-7-9-17(10-8-13)14(3,4)12-15/h13H,5-12,15H2,1-4H3. The van der Waals surface area contributed by atoms with Crippen molar-refractivity contribution in [2.75, 3.05) is 39.3 Å². The fraction of sp³-hybridized carbons (Fsp3) is 1.00. The van der Waals surface area contributed by atoms with Gasteiger partial charge in [0.05, 0.1) is 0 Å². The molecule has 2 N–H and O–H groups in total. The lowest BCUT2D eigenvalue weighted by atomic mass is 9.92. The average molecular weight is 241 g/mol. The second-order valence-electron chi connectivity index (χ2n) is 5.93. The van der Waals surface area contributed by atoms with E-state index in [1.807, 2.05) is 0 Å². The molecule has 3 nitrogen and oxygen atoms in total. The summed E-state index contributed by atoms with van der Waals surface area (Å²) in [7, 11) is 0. The van der Waals surface area contributed by atoms with Crippen molar-refractivity contribution in [3.05, 3.63) is 0 Å². The SMILES string of the molecule is CCN(CC)CC1CCN(C(C)(C)CN)CC1. The van der Waals surface area contributed by atoms with Gasteiger partial charge >= 0.3 is 0 Å². The van der Waals surface area contributed by atoms with Gasteiger partial charge in [-0.15, -0.1) is 0 Å². The van der Waals surface area contributed by atoms with Crippen molar-refractivity contribution in [2.24, 2.45) is 11.7 Å². The molecule has 0 aromatic rings. The van der Waals surface area contributed by atoms with Gasteiger partial charge in [0.25, 0.3) is 0 Å². The predicted molar refractivity (Wildman–Crippen MR) is 75.2 cm³/mol. The van der Waals surface area contributed by atoms with Crippen LogP contribution in [0.3, 0.4) is 0 Å². The Morgan fingerprint density at radius 3 is 2.12 bits per heavy atom. The molecule has 1 fully saturated rings. The van der Waals surface area contributed by atoms with Crippen LogP contribution in [0.5, 0.6) is 0 Å². The number of rotatable bonds is 6. The Bertz CT molecular complexity index is 204. The molecule has 0 spiro atoms. The minimum absolute atomic E-state index is 0.181. The van der Waals surface area contributed by atoms with E-state index in [1.54, 1.807) is 0 Å². The normalized spacial score (nSPS) is 20.1. The molecule has 0 saturated carbocycles. The summed E-state index contributed by atoms with van der Waals surface area (Å²) in [5.41, 5.74) is 6.03. The van der Waals surface area contributed by atoms with Crippen LogP contribution in [-0.4, -0.2) is 54.6 Å². The van der Waals surface area contributed by atoms with Crippen molar-refractivity contribution >= 4 is 0 Å². The van der Waals surface area contributed by atoms with Gasteiger partial charge in [-0.2, -0.15) is 0 Å². The molecule has 0 radical (unpaired) electrons. The van der Waals surface area contributed by atoms with Crippen LogP contribution in [0, 0.1) is 5.92 Å². The van der Waals surface area contributed by atoms with Crippen LogP contribution in [-0.2, 0) is 0 Å². The first-order chi connectivity index (χ1) is 8.03. The van der Waals surface area contributed by atoms with E-state index in [0.29, 0.717) is 0 Å². The molecule has 1 heterocycles. The summed E-state index contributed by atoms with van der Waals surface area (Å²) in [5, 5.41) is 0. The van der Waals surface area contributed by atoms with Gasteiger partial charge in [-0.05, 0) is 58.8 Å². The van der Waals surface area contributed by atoms with Gasteiger partial charge in [0.1, 0.15) is 0 Å². The number of piperidine rings is 1. The number of likely N-dealkylation sites (tertiary alicyclic amines) is 1. The molecule has 0 amide bonds. The highest BCUT2D eigenvalue weighted by atomic mass is 15.2. The smallest absolute Gasteiger partial charge is 0.0275 e. The summed E-state index contributed by atoms with van der Waals surface area (Å²) in [6.07, 6.45) is 2.67. The van der Waals surface area contributed by atoms with Crippen LogP contribution >= 0.6 is 0 Å². The Balaban J connectivity index is 2.35. The molecule has 0 atom stereocenters. The van der Waals surface area contributed by atoms with Crippen LogP contribution in [0.15, 0.2) is 0 Å². The van der Waals surface area contributed by atoms with Gasteiger partial charge in [0, 0.05) is 18.6 Å². The fourth-order valence-corrected chi connectivity index (χ4v) is 2.70. The second-order valence-corrected chi connectivity index (χ2v) is 5.93. The maximum Gasteiger partial charge on any atom is 0.0275 e. The van der Waals surface area contributed by atoms with E-state index in [9.17, 15) is 0 Å². The van der Waals surface area contributed by atoms with Gasteiger partial charge < -0.3 is 10.6 Å². The highest BCUT2D eigenvalue weighted by molar-refractivity contribution is 4.86. The number of hydrogen-bond acceptors (Lipinski definition) is 3. The van der Waals surface area contributed by atoms with E-state index >= 15 is 0 Å². The van der Waals surface area contributed by atoms with Crippen molar-refractivity contribution in [3.63, 3.8) is 0 Å². The lowest BCUT2D eigenvalue weighted by Gasteiger charge is -2.43. The summed E-state index contributed by atoms with van der Waals surface area (Å²) in [5.74, 6) is 0.889. The lowest BCUT2D eigenvalue weighted by Crippen LogP contribution is -2.53. The third-order valence-electron chi connectivity index (χ3n) is 4.38. The molecule has 0 unspecified atom stereocenters. The summed E-state index contributed by atoms with van der Waals surface area (Å²) in [4.78, 5) is 5.11. The topological polar surface area (TPSA) is 32.5 Å². The molecule has 0 bridgehead atoms. The van der Waals surface area contributed by atoms with Gasteiger partial charge in [-0.25, -0.2) is 0 Å². The molecule has 1 rings (SSSR count). The van der Waals surface area contributed by atoms with E-state index in [0.717, 1.165) is 12.5 Å². The maximum atomic E-state index is 5.85. The van der Waals surface area contributed by atoms with Crippen LogP contribution in [0.2, 0.25) is 0 Å². The van der Waals surface area contributed by atoms with Crippen molar-refractivity contribution in [3.8, 4) is 0 Å². The summed E-state index contributed by atoms with van der Waals surface area (Å²) >= 11 is 0. The quantitative estimate of drug-likeness (QED) is 0.769. The molecular weight excluding hydrogens is 210 g/mol. The van der Waals surface area contributed by atoms with Crippen LogP contribution in [0.25, 0.3) is 0 Å². The van der Waals surface area contributed by atoms with Crippen molar-refractivity contribution in [2.45, 2.75) is 46.1 Å². The Kier molecular flexibility index (Phi) is 5.90. The Morgan fingerprint density at radius 1 is 1.18 bits per heavy atom. The summed E-state index contributed by atoms with van der Waals surface area (Å²) in [6.45, 7) is 15.9. The molecule has 1 aliphatic heterocycles. The molecule has 102 valence electrons. The number of nitrogens with zero attached hydrogens (tertiary/aromatic N) is 2. The molecular formula is C14H31N3. The first-order valence-corrected chi connectivity index (χ1v) is 7.21. The second kappa shape index (κ2) is 6.72. The average Bonchev–Trinajstić information content (AvgIpc) is 2.36. The molecule has 0 aliphatic carbocycles. The molecule has 3 heteroatoms. The Labute approximate surface area is 107 Å². The first-order valence-electron chi connectivity index (χ1n) is 7.21. The molecule has 17 heavy (non-hydrogen) atoms. The zero-order valence-corrected chi connectivity index (χ0v) is 12.2. The molecule has 0 aromatic heterocycles. The van der Waals surface area contributed by atoms with Crippen molar-refractivity contribution in [1.82, 2.24) is 9.80 Å². The van der Waals surface area contributed by atoms with E-state index < -0.39 is 0 Å². The maximum absolute atomic E-state index is 5.85. The molecule has 1 aliphatic rings. The number of hydrogen-bond donors (Lipinski definition) is 1. The monoisotopic (exact) mass is 241 g/mol. The predicted octanol–water partition coefficient (Wildman–Crippen LogP) is 1.78.